The molecule has 0 unspecified atom stereocenters. The molecule has 0 bridgehead atoms. The number of amides is 1. The summed E-state index contributed by atoms with van der Waals surface area (Å²) in [4.78, 5) is 20.8. The van der Waals surface area contributed by atoms with Crippen molar-refractivity contribution in [3.63, 3.8) is 0 Å². The monoisotopic (exact) mass is 348 g/mol. The largest absolute Gasteiger partial charge is 0.461 e. The lowest BCUT2D eigenvalue weighted by molar-refractivity contribution is -0.121. The predicted octanol–water partition coefficient (Wildman–Crippen LogP) is 3.13. The highest BCUT2D eigenvalue weighted by molar-refractivity contribution is 5.79. The Morgan fingerprint density at radius 1 is 1.04 bits per heavy atom. The molecule has 1 N–H and O–H groups in total. The normalized spacial score (nSPS) is 10.9. The van der Waals surface area contributed by atoms with E-state index in [-0.39, 0.29) is 12.3 Å². The number of hydrogen-bond acceptors (Lipinski definition) is 6. The highest BCUT2D eigenvalue weighted by Gasteiger charge is 2.12. The van der Waals surface area contributed by atoms with E-state index in [4.69, 9.17) is 8.94 Å². The number of furan rings is 1. The number of carbonyl (C=O) groups excluding carboxylic acids is 1. The lowest BCUT2D eigenvalue weighted by Crippen LogP contribution is -2.23. The van der Waals surface area contributed by atoms with Gasteiger partial charge in [-0.3, -0.25) is 9.78 Å². The van der Waals surface area contributed by atoms with Gasteiger partial charge in [0.15, 0.2) is 5.76 Å². The van der Waals surface area contributed by atoms with E-state index < -0.39 is 0 Å². The number of pyridine rings is 1. The van der Waals surface area contributed by atoms with Gasteiger partial charge < -0.3 is 14.3 Å². The van der Waals surface area contributed by atoms with E-state index in [9.17, 15) is 4.79 Å². The van der Waals surface area contributed by atoms with Crippen molar-refractivity contribution in [1.82, 2.24) is 20.4 Å². The van der Waals surface area contributed by atoms with Gasteiger partial charge in [-0.1, -0.05) is 29.4 Å². The van der Waals surface area contributed by atoms with Crippen molar-refractivity contribution in [3.05, 3.63) is 66.4 Å². The van der Waals surface area contributed by atoms with E-state index in [1.54, 1.807) is 18.4 Å². The third-order valence-electron chi connectivity index (χ3n) is 3.90. The van der Waals surface area contributed by atoms with E-state index >= 15 is 0 Å². The molecule has 0 saturated heterocycles. The fourth-order valence-corrected chi connectivity index (χ4v) is 2.57. The van der Waals surface area contributed by atoms with Crippen LogP contribution in [0.1, 0.15) is 18.0 Å². The lowest BCUT2D eigenvalue weighted by Gasteiger charge is -2.05. The first-order valence-corrected chi connectivity index (χ1v) is 8.26. The van der Waals surface area contributed by atoms with Crippen molar-refractivity contribution in [2.45, 2.75) is 19.4 Å². The maximum absolute atomic E-state index is 12.0. The third-order valence-corrected chi connectivity index (χ3v) is 3.90. The average molecular weight is 348 g/mol. The molecule has 0 aliphatic heterocycles. The Bertz CT molecular complexity index is 1020. The van der Waals surface area contributed by atoms with Crippen molar-refractivity contribution in [2.75, 3.05) is 0 Å². The second kappa shape index (κ2) is 7.18. The Morgan fingerprint density at radius 2 is 1.96 bits per heavy atom. The van der Waals surface area contributed by atoms with Crippen LogP contribution in [0.5, 0.6) is 0 Å². The van der Waals surface area contributed by atoms with Crippen LogP contribution in [-0.2, 0) is 17.8 Å². The summed E-state index contributed by atoms with van der Waals surface area (Å²) in [5.74, 6) is 1.21. The number of nitrogens with zero attached hydrogens (tertiary/aromatic N) is 3. The molecule has 1 aromatic carbocycles. The Morgan fingerprint density at radius 3 is 2.85 bits per heavy atom. The minimum Gasteiger partial charge on any atom is -0.461 e. The van der Waals surface area contributed by atoms with Gasteiger partial charge in [-0.25, -0.2) is 0 Å². The smallest absolute Gasteiger partial charge is 0.238 e. The van der Waals surface area contributed by atoms with E-state index in [0.717, 1.165) is 16.6 Å². The van der Waals surface area contributed by atoms with Gasteiger partial charge in [-0.15, -0.1) is 0 Å². The van der Waals surface area contributed by atoms with Crippen LogP contribution in [0, 0.1) is 0 Å². The van der Waals surface area contributed by atoms with Crippen molar-refractivity contribution in [2.24, 2.45) is 0 Å². The van der Waals surface area contributed by atoms with Crippen molar-refractivity contribution >= 4 is 16.8 Å². The number of hydrogen-bond donors (Lipinski definition) is 1. The van der Waals surface area contributed by atoms with Crippen LogP contribution < -0.4 is 5.32 Å². The summed E-state index contributed by atoms with van der Waals surface area (Å²) >= 11 is 0. The molecule has 1 amide bonds. The van der Waals surface area contributed by atoms with Gasteiger partial charge in [0, 0.05) is 18.2 Å². The van der Waals surface area contributed by atoms with Crippen LogP contribution in [0.4, 0.5) is 0 Å². The molecule has 0 spiro atoms. The number of aromatic nitrogens is 3. The van der Waals surface area contributed by atoms with E-state index in [1.165, 1.54) is 0 Å². The summed E-state index contributed by atoms with van der Waals surface area (Å²) in [7, 11) is 0. The Labute approximate surface area is 149 Å². The molecule has 0 atom stereocenters. The number of carbonyl (C=O) groups is 1. The molecule has 130 valence electrons. The first-order chi connectivity index (χ1) is 12.8. The topological polar surface area (TPSA) is 94.0 Å². The number of aryl methyl sites for hydroxylation is 1. The molecule has 3 aromatic heterocycles. The van der Waals surface area contributed by atoms with Crippen molar-refractivity contribution in [3.8, 4) is 11.6 Å². The van der Waals surface area contributed by atoms with Crippen LogP contribution >= 0.6 is 0 Å². The zero-order chi connectivity index (χ0) is 17.8. The quantitative estimate of drug-likeness (QED) is 0.575. The minimum absolute atomic E-state index is 0.0993. The van der Waals surface area contributed by atoms with Gasteiger partial charge in [0.1, 0.15) is 0 Å². The average Bonchev–Trinajstić information content (AvgIpc) is 3.36. The number of para-hydroxylation sites is 1. The van der Waals surface area contributed by atoms with Crippen LogP contribution in [0.25, 0.3) is 22.5 Å². The molecule has 7 nitrogen and oxygen atoms in total. The molecule has 7 heteroatoms. The summed E-state index contributed by atoms with van der Waals surface area (Å²) in [5.41, 5.74) is 1.73. The Kier molecular flexibility index (Phi) is 4.42. The summed E-state index contributed by atoms with van der Waals surface area (Å²) in [6.07, 6.45) is 2.16. The molecule has 0 radical (unpaired) electrons. The van der Waals surface area contributed by atoms with Crippen molar-refractivity contribution < 1.29 is 13.7 Å². The summed E-state index contributed by atoms with van der Waals surface area (Å²) in [6.45, 7) is 0.380. The van der Waals surface area contributed by atoms with Crippen LogP contribution in [0.15, 0.2) is 63.7 Å². The zero-order valence-electron chi connectivity index (χ0n) is 13.9. The molecular weight excluding hydrogens is 332 g/mol. The maximum Gasteiger partial charge on any atom is 0.238 e. The number of rotatable bonds is 6. The standard InChI is InChI=1S/C19H16N4O3/c24-17(9-10-18-22-19(23-26-18)16-6-3-11-25-16)20-12-14-8-7-13-4-1-2-5-15(13)21-14/h1-8,11H,9-10,12H2,(H,20,24). The summed E-state index contributed by atoms with van der Waals surface area (Å²) < 4.78 is 10.3. The molecule has 3 heterocycles. The van der Waals surface area contributed by atoms with E-state index in [2.05, 4.69) is 20.4 Å². The van der Waals surface area contributed by atoms with Gasteiger partial charge in [-0.05, 0) is 24.3 Å². The maximum atomic E-state index is 12.0. The lowest BCUT2D eigenvalue weighted by atomic mass is 10.2. The second-order valence-electron chi connectivity index (χ2n) is 5.76. The molecular formula is C19H16N4O3. The molecule has 0 aliphatic rings. The van der Waals surface area contributed by atoms with Gasteiger partial charge >= 0.3 is 0 Å². The minimum atomic E-state index is -0.0993. The van der Waals surface area contributed by atoms with Gasteiger partial charge in [0.2, 0.25) is 17.6 Å². The second-order valence-corrected chi connectivity index (χ2v) is 5.76. The number of benzene rings is 1. The third kappa shape index (κ3) is 3.61. The predicted molar refractivity (Wildman–Crippen MR) is 93.9 cm³/mol. The highest BCUT2D eigenvalue weighted by atomic mass is 16.5. The van der Waals surface area contributed by atoms with Crippen LogP contribution in [-0.4, -0.2) is 21.0 Å². The molecule has 4 rings (SSSR count). The molecule has 4 aromatic rings. The van der Waals surface area contributed by atoms with Crippen LogP contribution in [0.3, 0.4) is 0 Å². The van der Waals surface area contributed by atoms with Crippen LogP contribution in [0.2, 0.25) is 0 Å². The van der Waals surface area contributed by atoms with Crippen molar-refractivity contribution in [1.29, 1.82) is 0 Å². The highest BCUT2D eigenvalue weighted by Crippen LogP contribution is 2.16. The fourth-order valence-electron chi connectivity index (χ4n) is 2.57. The van der Waals surface area contributed by atoms with Gasteiger partial charge in [-0.2, -0.15) is 4.98 Å². The van der Waals surface area contributed by atoms with E-state index in [1.807, 2.05) is 36.4 Å². The van der Waals surface area contributed by atoms with Gasteiger partial charge in [0.05, 0.1) is 24.0 Å². The number of fused-ring (bicyclic) bond motifs is 1. The molecule has 0 saturated carbocycles. The van der Waals surface area contributed by atoms with Gasteiger partial charge in [0.25, 0.3) is 0 Å². The number of nitrogens with one attached hydrogen (secondary N) is 1. The first-order valence-electron chi connectivity index (χ1n) is 8.26. The fraction of sp³-hybridized carbons (Fsp3) is 0.158. The molecule has 0 fully saturated rings. The molecule has 0 aliphatic carbocycles. The summed E-state index contributed by atoms with van der Waals surface area (Å²) in [5, 5.41) is 7.77. The zero-order valence-corrected chi connectivity index (χ0v) is 13.9. The Hall–Kier alpha value is -3.48. The SMILES string of the molecule is O=C(CCc1nc(-c2ccco2)no1)NCc1ccc2ccccc2n1. The molecule has 26 heavy (non-hydrogen) atoms. The summed E-state index contributed by atoms with van der Waals surface area (Å²) in [6, 6.07) is 15.3. The first kappa shape index (κ1) is 16.0. The Balaban J connectivity index is 1.30. The van der Waals surface area contributed by atoms with E-state index in [0.29, 0.717) is 30.4 Å².